The molecular weight excluding hydrogens is 332 g/mol. The molecule has 2 heterocycles. The summed E-state index contributed by atoms with van der Waals surface area (Å²) in [6.45, 7) is 2.41. The van der Waals surface area contributed by atoms with Crippen LogP contribution in [0.1, 0.15) is 25.7 Å². The van der Waals surface area contributed by atoms with Gasteiger partial charge in [0.15, 0.2) is 0 Å². The van der Waals surface area contributed by atoms with Gasteiger partial charge in [-0.3, -0.25) is 4.90 Å². The van der Waals surface area contributed by atoms with Gasteiger partial charge < -0.3 is 4.74 Å². The molecule has 23 heavy (non-hydrogen) atoms. The average molecular weight is 357 g/mol. The molecule has 0 radical (unpaired) electrons. The molecule has 2 fully saturated rings. The monoisotopic (exact) mass is 356 g/mol. The van der Waals surface area contributed by atoms with Crippen molar-refractivity contribution >= 4 is 22.7 Å². The van der Waals surface area contributed by atoms with Gasteiger partial charge in [0.05, 0.1) is 18.2 Å². The molecule has 0 amide bonds. The lowest BCUT2D eigenvalue weighted by Crippen LogP contribution is -2.49. The Morgan fingerprint density at radius 2 is 1.78 bits per heavy atom. The third-order valence-corrected chi connectivity index (χ3v) is 6.94. The van der Waals surface area contributed by atoms with Crippen LogP contribution in [0, 0.1) is 0 Å². The highest BCUT2D eigenvalue weighted by Crippen LogP contribution is 2.32. The lowest BCUT2D eigenvalue weighted by molar-refractivity contribution is 0.105. The molecule has 0 N–H and O–H groups in total. The zero-order chi connectivity index (χ0) is 16.4. The number of hydrogen-bond acceptors (Lipinski definition) is 5. The molecule has 7 heteroatoms. The van der Waals surface area contributed by atoms with Crippen LogP contribution in [0.5, 0.6) is 5.75 Å². The van der Waals surface area contributed by atoms with Gasteiger partial charge in [-0.25, -0.2) is 8.42 Å². The number of sulfonamides is 1. The van der Waals surface area contributed by atoms with Crippen LogP contribution in [0.15, 0.2) is 29.2 Å². The number of nitrogens with zero attached hydrogens (tertiary/aromatic N) is 2. The van der Waals surface area contributed by atoms with Crippen LogP contribution >= 0.6 is 12.6 Å². The molecular formula is C16H24N2O3S2. The minimum Gasteiger partial charge on any atom is -0.497 e. The molecule has 0 aromatic heterocycles. The summed E-state index contributed by atoms with van der Waals surface area (Å²) in [5.41, 5.74) is 0. The first kappa shape index (κ1) is 17.1. The molecule has 0 bridgehead atoms. The standard InChI is InChI=1S/C16H24N2O3S2/c1-21-13-5-7-15(8-6-13)23(19,20)18-12-14(22)11-16(18)17-9-3-2-4-10-17/h5-8,14,16,22H,2-4,9-12H2,1H3/t14-,16-/m0/s1. The molecule has 2 aliphatic heterocycles. The average Bonchev–Trinajstić information content (AvgIpc) is 2.98. The Labute approximate surface area is 144 Å². The molecule has 1 aromatic rings. The maximum atomic E-state index is 13.1. The Hall–Kier alpha value is -0.760. The van der Waals surface area contributed by atoms with Gasteiger partial charge in [0.2, 0.25) is 10.0 Å². The van der Waals surface area contributed by atoms with E-state index in [-0.39, 0.29) is 11.4 Å². The number of piperidine rings is 1. The van der Waals surface area contributed by atoms with Crippen LogP contribution in [-0.2, 0) is 10.0 Å². The quantitative estimate of drug-likeness (QED) is 0.841. The second-order valence-corrected chi connectivity index (χ2v) is 8.84. The molecule has 1 aromatic carbocycles. The molecule has 3 rings (SSSR count). The fourth-order valence-corrected chi connectivity index (χ4v) is 5.60. The SMILES string of the molecule is COc1ccc(S(=O)(=O)N2C[C@@H](S)C[C@H]2N2CCCCC2)cc1. The summed E-state index contributed by atoms with van der Waals surface area (Å²) >= 11 is 4.55. The van der Waals surface area contributed by atoms with E-state index in [1.54, 1.807) is 35.7 Å². The number of methoxy groups -OCH3 is 1. The van der Waals surface area contributed by atoms with E-state index in [1.165, 1.54) is 6.42 Å². The molecule has 0 saturated carbocycles. The van der Waals surface area contributed by atoms with Gasteiger partial charge in [-0.1, -0.05) is 6.42 Å². The van der Waals surface area contributed by atoms with E-state index in [0.717, 1.165) is 32.4 Å². The number of rotatable bonds is 4. The maximum Gasteiger partial charge on any atom is 0.244 e. The Morgan fingerprint density at radius 1 is 1.13 bits per heavy atom. The Bertz CT molecular complexity index is 627. The maximum absolute atomic E-state index is 13.1. The van der Waals surface area contributed by atoms with Crippen molar-refractivity contribution in [3.8, 4) is 5.75 Å². The van der Waals surface area contributed by atoms with E-state index >= 15 is 0 Å². The van der Waals surface area contributed by atoms with Gasteiger partial charge in [-0.05, 0) is 56.6 Å². The highest BCUT2D eigenvalue weighted by atomic mass is 32.2. The largest absolute Gasteiger partial charge is 0.497 e. The molecule has 0 spiro atoms. The summed E-state index contributed by atoms with van der Waals surface area (Å²) in [4.78, 5) is 2.63. The minimum absolute atomic E-state index is 0.0649. The molecule has 2 aliphatic rings. The molecule has 128 valence electrons. The number of ether oxygens (including phenoxy) is 1. The van der Waals surface area contributed by atoms with E-state index in [9.17, 15) is 8.42 Å². The van der Waals surface area contributed by atoms with Gasteiger partial charge >= 0.3 is 0 Å². The van der Waals surface area contributed by atoms with Crippen LogP contribution in [0.3, 0.4) is 0 Å². The first-order valence-corrected chi connectivity index (χ1v) is 10.1. The van der Waals surface area contributed by atoms with E-state index in [1.807, 2.05) is 0 Å². The van der Waals surface area contributed by atoms with Crippen molar-refractivity contribution in [1.82, 2.24) is 9.21 Å². The first-order valence-electron chi connectivity index (χ1n) is 8.10. The number of likely N-dealkylation sites (tertiary alicyclic amines) is 1. The van der Waals surface area contributed by atoms with Crippen molar-refractivity contribution in [2.75, 3.05) is 26.7 Å². The number of benzene rings is 1. The van der Waals surface area contributed by atoms with E-state index in [2.05, 4.69) is 17.5 Å². The predicted octanol–water partition coefficient (Wildman–Crippen LogP) is 2.20. The fraction of sp³-hybridized carbons (Fsp3) is 0.625. The summed E-state index contributed by atoms with van der Waals surface area (Å²) in [6, 6.07) is 6.62. The molecule has 5 nitrogen and oxygen atoms in total. The van der Waals surface area contributed by atoms with Gasteiger partial charge in [0, 0.05) is 11.8 Å². The van der Waals surface area contributed by atoms with Crippen LogP contribution in [0.2, 0.25) is 0 Å². The Kier molecular flexibility index (Phi) is 5.20. The number of thiol groups is 1. The predicted molar refractivity (Wildman–Crippen MR) is 93.5 cm³/mol. The third-order valence-electron chi connectivity index (χ3n) is 4.68. The molecule has 2 saturated heterocycles. The van der Waals surface area contributed by atoms with Crippen molar-refractivity contribution in [2.45, 2.75) is 42.0 Å². The van der Waals surface area contributed by atoms with Crippen LogP contribution < -0.4 is 4.74 Å². The highest BCUT2D eigenvalue weighted by molar-refractivity contribution is 7.89. The lowest BCUT2D eigenvalue weighted by Gasteiger charge is -2.36. The smallest absolute Gasteiger partial charge is 0.244 e. The van der Waals surface area contributed by atoms with Crippen molar-refractivity contribution < 1.29 is 13.2 Å². The Balaban J connectivity index is 1.86. The normalized spacial score (nSPS) is 27.2. The topological polar surface area (TPSA) is 49.9 Å². The van der Waals surface area contributed by atoms with Crippen LogP contribution in [-0.4, -0.2) is 55.8 Å². The van der Waals surface area contributed by atoms with Crippen molar-refractivity contribution in [3.63, 3.8) is 0 Å². The minimum atomic E-state index is -3.51. The summed E-state index contributed by atoms with van der Waals surface area (Å²) < 4.78 is 32.9. The zero-order valence-corrected chi connectivity index (χ0v) is 15.1. The highest BCUT2D eigenvalue weighted by Gasteiger charge is 2.42. The molecule has 2 atom stereocenters. The van der Waals surface area contributed by atoms with Gasteiger partial charge in [-0.15, -0.1) is 0 Å². The molecule has 0 aliphatic carbocycles. The summed E-state index contributed by atoms with van der Waals surface area (Å²) in [6.07, 6.45) is 4.25. The second kappa shape index (κ2) is 7.01. The zero-order valence-electron chi connectivity index (χ0n) is 13.4. The third kappa shape index (κ3) is 3.52. The van der Waals surface area contributed by atoms with E-state index in [4.69, 9.17) is 4.74 Å². The van der Waals surface area contributed by atoms with Crippen molar-refractivity contribution in [1.29, 1.82) is 0 Å². The first-order chi connectivity index (χ1) is 11.0. The van der Waals surface area contributed by atoms with Gasteiger partial charge in [0.1, 0.15) is 5.75 Å². The van der Waals surface area contributed by atoms with Gasteiger partial charge in [-0.2, -0.15) is 16.9 Å². The summed E-state index contributed by atoms with van der Waals surface area (Å²) in [7, 11) is -1.94. The van der Waals surface area contributed by atoms with Gasteiger partial charge in [0.25, 0.3) is 0 Å². The van der Waals surface area contributed by atoms with E-state index in [0.29, 0.717) is 17.2 Å². The van der Waals surface area contributed by atoms with E-state index < -0.39 is 10.0 Å². The lowest BCUT2D eigenvalue weighted by atomic mass is 10.1. The van der Waals surface area contributed by atoms with Crippen molar-refractivity contribution in [2.24, 2.45) is 0 Å². The molecule has 0 unspecified atom stereocenters. The van der Waals surface area contributed by atoms with Crippen LogP contribution in [0.4, 0.5) is 0 Å². The number of hydrogen-bond donors (Lipinski definition) is 1. The summed E-state index contributed by atoms with van der Waals surface area (Å²) in [5, 5.41) is 0.0925. The Morgan fingerprint density at radius 3 is 2.39 bits per heavy atom. The van der Waals surface area contributed by atoms with Crippen LogP contribution in [0.25, 0.3) is 0 Å². The second-order valence-electron chi connectivity index (χ2n) is 6.22. The fourth-order valence-electron chi connectivity index (χ4n) is 3.45. The summed E-state index contributed by atoms with van der Waals surface area (Å²) in [5.74, 6) is 0.657. The van der Waals surface area contributed by atoms with Crippen molar-refractivity contribution in [3.05, 3.63) is 24.3 Å².